The van der Waals surface area contributed by atoms with Crippen LogP contribution in [0.2, 0.25) is 0 Å². The number of halogens is 1. The first kappa shape index (κ1) is 17.6. The number of hydrogen-bond acceptors (Lipinski definition) is 3. The Bertz CT molecular complexity index is 736. The summed E-state index contributed by atoms with van der Waals surface area (Å²) < 4.78 is 20.7. The van der Waals surface area contributed by atoms with Crippen molar-refractivity contribution < 1.29 is 13.9 Å². The molecular formula is C19H24FN3O2. The van der Waals surface area contributed by atoms with Crippen LogP contribution in [0.3, 0.4) is 0 Å². The zero-order valence-electron chi connectivity index (χ0n) is 14.7. The van der Waals surface area contributed by atoms with E-state index in [-0.39, 0.29) is 18.1 Å². The summed E-state index contributed by atoms with van der Waals surface area (Å²) in [4.78, 5) is 18.8. The van der Waals surface area contributed by atoms with Gasteiger partial charge in [0, 0.05) is 38.1 Å². The number of carbonyl (C=O) groups excluding carboxylic acids is 1. The second-order valence-electron chi connectivity index (χ2n) is 6.54. The van der Waals surface area contributed by atoms with Crippen molar-refractivity contribution in [2.24, 2.45) is 0 Å². The molecule has 0 unspecified atom stereocenters. The number of nitrogens with zero attached hydrogens (tertiary/aromatic N) is 3. The maximum Gasteiger partial charge on any atom is 0.226 e. The van der Waals surface area contributed by atoms with Crippen molar-refractivity contribution in [2.75, 3.05) is 20.2 Å². The highest BCUT2D eigenvalue weighted by Crippen LogP contribution is 2.26. The molecule has 0 radical (unpaired) electrons. The zero-order valence-corrected chi connectivity index (χ0v) is 14.7. The quantitative estimate of drug-likeness (QED) is 0.837. The van der Waals surface area contributed by atoms with Gasteiger partial charge >= 0.3 is 0 Å². The van der Waals surface area contributed by atoms with Gasteiger partial charge < -0.3 is 14.2 Å². The summed E-state index contributed by atoms with van der Waals surface area (Å²) in [5, 5.41) is 0. The second kappa shape index (κ2) is 7.78. The highest BCUT2D eigenvalue weighted by molar-refractivity contribution is 5.78. The van der Waals surface area contributed by atoms with E-state index < -0.39 is 0 Å². The van der Waals surface area contributed by atoms with Gasteiger partial charge in [0.1, 0.15) is 18.2 Å². The number of piperidine rings is 1. The second-order valence-corrected chi connectivity index (χ2v) is 6.54. The Balaban J connectivity index is 1.60. The van der Waals surface area contributed by atoms with Crippen molar-refractivity contribution in [3.63, 3.8) is 0 Å². The van der Waals surface area contributed by atoms with Crippen LogP contribution in [-0.4, -0.2) is 40.6 Å². The van der Waals surface area contributed by atoms with Crippen molar-refractivity contribution >= 4 is 5.91 Å². The molecule has 0 aliphatic carbocycles. The van der Waals surface area contributed by atoms with Crippen LogP contribution in [0.5, 0.6) is 0 Å². The summed E-state index contributed by atoms with van der Waals surface area (Å²) in [6.07, 6.45) is 3.91. The SMILES string of the molecule is COCc1ncc(C)n1C1CCN(C(=O)Cc2cccc(F)c2)CC1. The third kappa shape index (κ3) is 4.07. The number of aryl methyl sites for hydroxylation is 1. The molecule has 25 heavy (non-hydrogen) atoms. The van der Waals surface area contributed by atoms with E-state index in [1.807, 2.05) is 18.0 Å². The zero-order chi connectivity index (χ0) is 17.8. The predicted octanol–water partition coefficient (Wildman–Crippen LogP) is 2.88. The van der Waals surface area contributed by atoms with Crippen molar-refractivity contribution in [1.82, 2.24) is 14.5 Å². The minimum absolute atomic E-state index is 0.0588. The van der Waals surface area contributed by atoms with E-state index in [9.17, 15) is 9.18 Å². The number of benzene rings is 1. The Morgan fingerprint density at radius 1 is 1.36 bits per heavy atom. The Kier molecular flexibility index (Phi) is 5.48. The van der Waals surface area contributed by atoms with Crippen LogP contribution >= 0.6 is 0 Å². The van der Waals surface area contributed by atoms with E-state index in [4.69, 9.17) is 4.74 Å². The van der Waals surface area contributed by atoms with Gasteiger partial charge in [0.2, 0.25) is 5.91 Å². The molecule has 1 fully saturated rings. The molecular weight excluding hydrogens is 321 g/mol. The van der Waals surface area contributed by atoms with Crippen LogP contribution in [0.15, 0.2) is 30.5 Å². The molecule has 1 aromatic carbocycles. The lowest BCUT2D eigenvalue weighted by molar-refractivity contribution is -0.131. The fourth-order valence-electron chi connectivity index (χ4n) is 3.54. The minimum atomic E-state index is -0.301. The summed E-state index contributed by atoms with van der Waals surface area (Å²) in [6, 6.07) is 6.59. The average Bonchev–Trinajstić information content (AvgIpc) is 2.96. The lowest BCUT2D eigenvalue weighted by Crippen LogP contribution is -2.40. The van der Waals surface area contributed by atoms with Crippen LogP contribution in [-0.2, 0) is 22.6 Å². The summed E-state index contributed by atoms with van der Waals surface area (Å²) in [5.41, 5.74) is 1.84. The highest BCUT2D eigenvalue weighted by atomic mass is 19.1. The fraction of sp³-hybridized carbons (Fsp3) is 0.474. The monoisotopic (exact) mass is 345 g/mol. The van der Waals surface area contributed by atoms with Crippen molar-refractivity contribution in [3.8, 4) is 0 Å². The van der Waals surface area contributed by atoms with E-state index in [0.717, 1.165) is 29.9 Å². The van der Waals surface area contributed by atoms with Gasteiger partial charge in [-0.15, -0.1) is 0 Å². The summed E-state index contributed by atoms with van der Waals surface area (Å²) in [5.74, 6) is 0.693. The normalized spacial score (nSPS) is 15.6. The molecule has 1 saturated heterocycles. The average molecular weight is 345 g/mol. The molecule has 2 heterocycles. The van der Waals surface area contributed by atoms with Crippen LogP contribution < -0.4 is 0 Å². The van der Waals surface area contributed by atoms with E-state index >= 15 is 0 Å². The third-order valence-electron chi connectivity index (χ3n) is 4.76. The van der Waals surface area contributed by atoms with Gasteiger partial charge in [0.15, 0.2) is 0 Å². The molecule has 1 aromatic heterocycles. The number of likely N-dealkylation sites (tertiary alicyclic amines) is 1. The maximum absolute atomic E-state index is 13.3. The first-order valence-corrected chi connectivity index (χ1v) is 8.62. The molecule has 6 heteroatoms. The number of imidazole rings is 1. The molecule has 134 valence electrons. The molecule has 0 N–H and O–H groups in total. The number of methoxy groups -OCH3 is 1. The smallest absolute Gasteiger partial charge is 0.226 e. The largest absolute Gasteiger partial charge is 0.377 e. The molecule has 1 aliphatic rings. The first-order chi connectivity index (χ1) is 12.1. The highest BCUT2D eigenvalue weighted by Gasteiger charge is 2.26. The van der Waals surface area contributed by atoms with E-state index in [0.29, 0.717) is 25.7 Å². The minimum Gasteiger partial charge on any atom is -0.377 e. The van der Waals surface area contributed by atoms with Gasteiger partial charge in [0.05, 0.1) is 6.42 Å². The summed E-state index contributed by atoms with van der Waals surface area (Å²) in [7, 11) is 1.67. The first-order valence-electron chi connectivity index (χ1n) is 8.62. The molecule has 2 aromatic rings. The fourth-order valence-corrected chi connectivity index (χ4v) is 3.54. The van der Waals surface area contributed by atoms with Gasteiger partial charge in [-0.05, 0) is 37.5 Å². The number of carbonyl (C=O) groups is 1. The summed E-state index contributed by atoms with van der Waals surface area (Å²) >= 11 is 0. The standard InChI is InChI=1S/C19H24FN3O2/c1-14-12-21-18(13-25-2)23(14)17-6-8-22(9-7-17)19(24)11-15-4-3-5-16(20)10-15/h3-5,10,12,17H,6-9,11,13H2,1-2H3. The Morgan fingerprint density at radius 3 is 2.80 bits per heavy atom. The van der Waals surface area contributed by atoms with Gasteiger partial charge in [-0.25, -0.2) is 9.37 Å². The molecule has 0 atom stereocenters. The van der Waals surface area contributed by atoms with Gasteiger partial charge in [0.25, 0.3) is 0 Å². The Morgan fingerprint density at radius 2 is 2.12 bits per heavy atom. The van der Waals surface area contributed by atoms with Crippen LogP contribution in [0, 0.1) is 12.7 Å². The number of hydrogen-bond donors (Lipinski definition) is 0. The van der Waals surface area contributed by atoms with Crippen molar-refractivity contribution in [1.29, 1.82) is 0 Å². The number of aromatic nitrogens is 2. The van der Waals surface area contributed by atoms with Gasteiger partial charge in [-0.3, -0.25) is 4.79 Å². The predicted molar refractivity (Wildman–Crippen MR) is 92.6 cm³/mol. The van der Waals surface area contributed by atoms with Gasteiger partial charge in [-0.1, -0.05) is 12.1 Å². The van der Waals surface area contributed by atoms with E-state index in [2.05, 4.69) is 9.55 Å². The summed E-state index contributed by atoms with van der Waals surface area (Å²) in [6.45, 7) is 3.96. The molecule has 3 rings (SSSR count). The number of ether oxygens (including phenoxy) is 1. The lowest BCUT2D eigenvalue weighted by Gasteiger charge is -2.34. The van der Waals surface area contributed by atoms with Crippen LogP contribution in [0.4, 0.5) is 4.39 Å². The molecule has 0 saturated carbocycles. The lowest BCUT2D eigenvalue weighted by atomic mass is 10.0. The van der Waals surface area contributed by atoms with Crippen LogP contribution in [0.1, 0.15) is 36.0 Å². The topological polar surface area (TPSA) is 47.4 Å². The molecule has 0 spiro atoms. The van der Waals surface area contributed by atoms with Crippen molar-refractivity contribution in [2.45, 2.75) is 38.8 Å². The Labute approximate surface area is 147 Å². The van der Waals surface area contributed by atoms with Crippen molar-refractivity contribution in [3.05, 3.63) is 53.4 Å². The van der Waals surface area contributed by atoms with Gasteiger partial charge in [-0.2, -0.15) is 0 Å². The third-order valence-corrected chi connectivity index (χ3v) is 4.76. The number of rotatable bonds is 5. The van der Waals surface area contributed by atoms with E-state index in [1.165, 1.54) is 12.1 Å². The van der Waals surface area contributed by atoms with E-state index in [1.54, 1.807) is 19.2 Å². The van der Waals surface area contributed by atoms with Crippen LogP contribution in [0.25, 0.3) is 0 Å². The molecule has 5 nitrogen and oxygen atoms in total. The molecule has 1 aliphatic heterocycles. The molecule has 0 bridgehead atoms. The Hall–Kier alpha value is -2.21. The molecule has 1 amide bonds. The number of amides is 1. The maximum atomic E-state index is 13.3.